The van der Waals surface area contributed by atoms with Crippen LogP contribution in [0.4, 0.5) is 5.69 Å². The quantitative estimate of drug-likeness (QED) is 0.692. The number of rotatable bonds is 2. The third kappa shape index (κ3) is 1.86. The molecular weight excluding hydrogens is 226 g/mol. The summed E-state index contributed by atoms with van der Waals surface area (Å²) in [5.41, 5.74) is 2.75. The molecule has 1 amide bonds. The number of anilines is 1. The van der Waals surface area contributed by atoms with E-state index >= 15 is 0 Å². The average molecular weight is 237 g/mol. The number of carbonyl (C=O) groups is 1. The topological polar surface area (TPSA) is 38.3 Å². The van der Waals surface area contributed by atoms with E-state index in [1.54, 1.807) is 0 Å². The van der Waals surface area contributed by atoms with Crippen molar-refractivity contribution in [3.63, 3.8) is 0 Å². The highest BCUT2D eigenvalue weighted by Gasteiger charge is 2.10. The van der Waals surface area contributed by atoms with Crippen LogP contribution in [0.1, 0.15) is 11.1 Å². The van der Waals surface area contributed by atoms with Crippen molar-refractivity contribution in [3.05, 3.63) is 53.6 Å². The van der Waals surface area contributed by atoms with Crippen LogP contribution >= 0.6 is 0 Å². The molecule has 1 aliphatic heterocycles. The summed E-state index contributed by atoms with van der Waals surface area (Å²) in [7, 11) is 0. The zero-order valence-corrected chi connectivity index (χ0v) is 9.59. The molecule has 0 radical (unpaired) electrons. The second-order valence-electron chi connectivity index (χ2n) is 3.99. The van der Waals surface area contributed by atoms with Crippen molar-refractivity contribution in [3.8, 4) is 11.5 Å². The summed E-state index contributed by atoms with van der Waals surface area (Å²) in [6, 6.07) is 13.4. The molecule has 2 aromatic rings. The lowest BCUT2D eigenvalue weighted by Crippen LogP contribution is -1.95. The van der Waals surface area contributed by atoms with Gasteiger partial charge in [-0.25, -0.2) is 0 Å². The molecule has 0 atom stereocenters. The second kappa shape index (κ2) is 4.37. The average Bonchev–Trinajstić information content (AvgIpc) is 2.57. The maximum atomic E-state index is 10.4. The summed E-state index contributed by atoms with van der Waals surface area (Å²) in [6.07, 6.45) is 4.68. The SMILES string of the molecule is O=CNc1ccc2c(c1)Oc1ccccc1C=C2. The Morgan fingerprint density at radius 2 is 1.72 bits per heavy atom. The van der Waals surface area contributed by atoms with E-state index in [0.717, 1.165) is 28.3 Å². The Morgan fingerprint density at radius 3 is 2.56 bits per heavy atom. The van der Waals surface area contributed by atoms with Gasteiger partial charge in [0.1, 0.15) is 11.5 Å². The first kappa shape index (κ1) is 10.6. The monoisotopic (exact) mass is 237 g/mol. The molecular formula is C15H11NO2. The Balaban J connectivity index is 2.07. The molecule has 0 saturated carbocycles. The van der Waals surface area contributed by atoms with Gasteiger partial charge in [0.05, 0.1) is 0 Å². The van der Waals surface area contributed by atoms with E-state index in [1.807, 2.05) is 54.6 Å². The molecule has 0 aromatic heterocycles. The van der Waals surface area contributed by atoms with Gasteiger partial charge in [0.15, 0.2) is 0 Å². The Kier molecular flexibility index (Phi) is 2.57. The molecule has 3 rings (SSSR count). The standard InChI is InChI=1S/C15H11NO2/c17-10-16-13-8-7-12-6-5-11-3-1-2-4-14(11)18-15(12)9-13/h1-10H,(H,16,17). The zero-order valence-electron chi connectivity index (χ0n) is 9.59. The fraction of sp³-hybridized carbons (Fsp3) is 0. The molecule has 88 valence electrons. The lowest BCUT2D eigenvalue weighted by atomic mass is 10.1. The first-order valence-corrected chi connectivity index (χ1v) is 5.66. The predicted octanol–water partition coefficient (Wildman–Crippen LogP) is 3.53. The molecule has 0 aliphatic carbocycles. The molecule has 18 heavy (non-hydrogen) atoms. The highest BCUT2D eigenvalue weighted by molar-refractivity contribution is 5.80. The third-order valence-electron chi connectivity index (χ3n) is 2.82. The Morgan fingerprint density at radius 1 is 0.944 bits per heavy atom. The molecule has 3 nitrogen and oxygen atoms in total. The molecule has 0 fully saturated rings. The van der Waals surface area contributed by atoms with Crippen LogP contribution in [-0.2, 0) is 4.79 Å². The highest BCUT2D eigenvalue weighted by Crippen LogP contribution is 2.35. The zero-order chi connectivity index (χ0) is 12.4. The predicted molar refractivity (Wildman–Crippen MR) is 71.6 cm³/mol. The van der Waals surface area contributed by atoms with E-state index < -0.39 is 0 Å². The molecule has 2 aromatic carbocycles. The maximum Gasteiger partial charge on any atom is 0.211 e. The Hall–Kier alpha value is -2.55. The lowest BCUT2D eigenvalue weighted by Gasteiger charge is -2.09. The van der Waals surface area contributed by atoms with Gasteiger partial charge >= 0.3 is 0 Å². The number of benzene rings is 2. The number of carbonyl (C=O) groups excluding carboxylic acids is 1. The van der Waals surface area contributed by atoms with Gasteiger partial charge in [-0.05, 0) is 18.2 Å². The van der Waals surface area contributed by atoms with Gasteiger partial charge in [0, 0.05) is 22.9 Å². The van der Waals surface area contributed by atoms with Crippen LogP contribution < -0.4 is 10.1 Å². The number of para-hydroxylation sites is 1. The van der Waals surface area contributed by atoms with Crippen molar-refractivity contribution < 1.29 is 9.53 Å². The molecule has 0 bridgehead atoms. The number of hydrogen-bond donors (Lipinski definition) is 1. The van der Waals surface area contributed by atoms with Crippen molar-refractivity contribution >= 4 is 24.2 Å². The molecule has 1 N–H and O–H groups in total. The van der Waals surface area contributed by atoms with Crippen LogP contribution in [0.5, 0.6) is 11.5 Å². The van der Waals surface area contributed by atoms with Crippen molar-refractivity contribution in [1.29, 1.82) is 0 Å². The molecule has 0 spiro atoms. The third-order valence-corrected chi connectivity index (χ3v) is 2.82. The summed E-state index contributed by atoms with van der Waals surface area (Å²) < 4.78 is 5.87. The lowest BCUT2D eigenvalue weighted by molar-refractivity contribution is -0.105. The minimum absolute atomic E-state index is 0.655. The van der Waals surface area contributed by atoms with Crippen LogP contribution in [0.3, 0.4) is 0 Å². The van der Waals surface area contributed by atoms with Crippen LogP contribution in [0.2, 0.25) is 0 Å². The van der Waals surface area contributed by atoms with Crippen molar-refractivity contribution in [1.82, 2.24) is 0 Å². The Bertz CT molecular complexity index is 632. The number of nitrogens with one attached hydrogen (secondary N) is 1. The van der Waals surface area contributed by atoms with E-state index in [1.165, 1.54) is 0 Å². The van der Waals surface area contributed by atoms with E-state index in [0.29, 0.717) is 6.41 Å². The number of amides is 1. The molecule has 0 unspecified atom stereocenters. The summed E-state index contributed by atoms with van der Waals surface area (Å²) in [5, 5.41) is 2.62. The maximum absolute atomic E-state index is 10.4. The summed E-state index contributed by atoms with van der Waals surface area (Å²) in [6.45, 7) is 0. The molecule has 0 saturated heterocycles. The summed E-state index contributed by atoms with van der Waals surface area (Å²) in [4.78, 5) is 10.4. The molecule has 1 heterocycles. The van der Waals surface area contributed by atoms with Crippen LogP contribution in [0.15, 0.2) is 42.5 Å². The van der Waals surface area contributed by atoms with E-state index in [9.17, 15) is 4.79 Å². The number of hydrogen-bond acceptors (Lipinski definition) is 2. The fourth-order valence-corrected chi connectivity index (χ4v) is 1.93. The summed E-state index contributed by atoms with van der Waals surface area (Å²) >= 11 is 0. The minimum atomic E-state index is 0.655. The first-order chi connectivity index (χ1) is 8.86. The van der Waals surface area contributed by atoms with E-state index in [-0.39, 0.29) is 0 Å². The largest absolute Gasteiger partial charge is 0.456 e. The van der Waals surface area contributed by atoms with E-state index in [2.05, 4.69) is 5.32 Å². The van der Waals surface area contributed by atoms with Gasteiger partial charge in [-0.15, -0.1) is 0 Å². The van der Waals surface area contributed by atoms with Crippen LogP contribution in [0.25, 0.3) is 12.2 Å². The van der Waals surface area contributed by atoms with Gasteiger partial charge in [-0.3, -0.25) is 4.79 Å². The van der Waals surface area contributed by atoms with Crippen molar-refractivity contribution in [2.24, 2.45) is 0 Å². The molecule has 3 heteroatoms. The van der Waals surface area contributed by atoms with E-state index in [4.69, 9.17) is 4.74 Å². The van der Waals surface area contributed by atoms with Gasteiger partial charge < -0.3 is 10.1 Å². The summed E-state index contributed by atoms with van der Waals surface area (Å²) in [5.74, 6) is 1.55. The second-order valence-corrected chi connectivity index (χ2v) is 3.99. The fourth-order valence-electron chi connectivity index (χ4n) is 1.93. The van der Waals surface area contributed by atoms with Crippen LogP contribution in [-0.4, -0.2) is 6.41 Å². The highest BCUT2D eigenvalue weighted by atomic mass is 16.5. The van der Waals surface area contributed by atoms with Crippen molar-refractivity contribution in [2.45, 2.75) is 0 Å². The van der Waals surface area contributed by atoms with Gasteiger partial charge in [-0.1, -0.05) is 30.4 Å². The van der Waals surface area contributed by atoms with Crippen molar-refractivity contribution in [2.75, 3.05) is 5.32 Å². The smallest absolute Gasteiger partial charge is 0.211 e. The Labute approximate surface area is 105 Å². The minimum Gasteiger partial charge on any atom is -0.456 e. The normalized spacial score (nSPS) is 11.8. The number of fused-ring (bicyclic) bond motifs is 2. The van der Waals surface area contributed by atoms with Gasteiger partial charge in [0.2, 0.25) is 6.41 Å². The van der Waals surface area contributed by atoms with Gasteiger partial charge in [-0.2, -0.15) is 0 Å². The van der Waals surface area contributed by atoms with Crippen LogP contribution in [0, 0.1) is 0 Å². The number of ether oxygens (including phenoxy) is 1. The van der Waals surface area contributed by atoms with Gasteiger partial charge in [0.25, 0.3) is 0 Å². The molecule has 1 aliphatic rings. The first-order valence-electron chi connectivity index (χ1n) is 5.66.